The number of carboxylic acids is 2. The first-order valence-electron chi connectivity index (χ1n) is 10.7. The first-order chi connectivity index (χ1) is 16.9. The molecule has 0 saturated heterocycles. The highest BCUT2D eigenvalue weighted by Crippen LogP contribution is 2.02. The summed E-state index contributed by atoms with van der Waals surface area (Å²) in [7, 11) is 0. The minimum atomic E-state index is -1.64. The number of nitrogens with one attached hydrogen (secondary N) is 4. The molecule has 4 atom stereocenters. The van der Waals surface area contributed by atoms with Gasteiger partial charge < -0.3 is 53.5 Å². The van der Waals surface area contributed by atoms with Gasteiger partial charge in [-0.25, -0.2) is 9.78 Å². The van der Waals surface area contributed by atoms with Crippen LogP contribution in [0.3, 0.4) is 0 Å². The standard InChI is InChI=1S/C19H31N9O8/c20-10(2-1-3-24-19(21)22)15(32)26-11(5-14(30)31)16(33)28-13(7-29)17(34)27-12(18(35)36)4-9-6-23-8-25-9/h6,8,10-13,29H,1-5,7,20H2,(H,23,25)(H,26,32)(H,27,34)(H,28,33)(H,30,31)(H,35,36)(H4,21,22,24). The van der Waals surface area contributed by atoms with Crippen molar-refractivity contribution in [2.24, 2.45) is 22.2 Å². The molecule has 17 nitrogen and oxygen atoms in total. The molecule has 0 radical (unpaired) electrons. The van der Waals surface area contributed by atoms with Gasteiger partial charge in [0.1, 0.15) is 18.1 Å². The zero-order valence-corrected chi connectivity index (χ0v) is 19.2. The average Bonchev–Trinajstić information content (AvgIpc) is 3.31. The van der Waals surface area contributed by atoms with Crippen molar-refractivity contribution < 1.29 is 39.3 Å². The molecule has 0 fully saturated rings. The number of aromatic nitrogens is 2. The highest BCUT2D eigenvalue weighted by Gasteiger charge is 2.31. The Hall–Kier alpha value is -4.25. The van der Waals surface area contributed by atoms with E-state index in [1.807, 2.05) is 0 Å². The number of guanidine groups is 1. The lowest BCUT2D eigenvalue weighted by atomic mass is 10.1. The average molecular weight is 514 g/mol. The van der Waals surface area contributed by atoms with Crippen LogP contribution in [0.25, 0.3) is 0 Å². The van der Waals surface area contributed by atoms with Crippen LogP contribution in [0.2, 0.25) is 0 Å². The number of rotatable bonds is 16. The van der Waals surface area contributed by atoms with Gasteiger partial charge in [0, 0.05) is 24.9 Å². The van der Waals surface area contributed by atoms with Crippen molar-refractivity contribution >= 4 is 35.6 Å². The van der Waals surface area contributed by atoms with Crippen LogP contribution >= 0.6 is 0 Å². The molecule has 3 amide bonds. The maximum atomic E-state index is 12.6. The molecule has 1 heterocycles. The van der Waals surface area contributed by atoms with Gasteiger partial charge in [0.25, 0.3) is 0 Å². The van der Waals surface area contributed by atoms with Crippen molar-refractivity contribution in [3.05, 3.63) is 18.2 Å². The number of hydrogen-bond donors (Lipinski definition) is 10. The fourth-order valence-electron chi connectivity index (χ4n) is 2.87. The van der Waals surface area contributed by atoms with Crippen LogP contribution in [0.4, 0.5) is 0 Å². The molecule has 0 aliphatic rings. The van der Waals surface area contributed by atoms with Crippen LogP contribution in [0.1, 0.15) is 25.0 Å². The number of hydrogen-bond acceptors (Lipinski definition) is 9. The number of nitrogens with zero attached hydrogens (tertiary/aromatic N) is 2. The minimum Gasteiger partial charge on any atom is -0.481 e. The summed E-state index contributed by atoms with van der Waals surface area (Å²) in [5.74, 6) is -5.94. The minimum absolute atomic E-state index is 0.124. The number of aliphatic carboxylic acids is 2. The maximum absolute atomic E-state index is 12.6. The number of aliphatic hydroxyl groups excluding tert-OH is 1. The van der Waals surface area contributed by atoms with E-state index in [2.05, 4.69) is 30.9 Å². The molecule has 1 aromatic rings. The number of imidazole rings is 1. The molecule has 0 aliphatic heterocycles. The number of carbonyl (C=O) groups is 5. The first-order valence-corrected chi connectivity index (χ1v) is 10.7. The second-order valence-corrected chi connectivity index (χ2v) is 7.64. The molecule has 0 saturated carbocycles. The summed E-state index contributed by atoms with van der Waals surface area (Å²) >= 11 is 0. The van der Waals surface area contributed by atoms with E-state index in [0.717, 1.165) is 0 Å². The number of aromatic amines is 1. The van der Waals surface area contributed by atoms with Crippen molar-refractivity contribution in [1.29, 1.82) is 0 Å². The third-order valence-electron chi connectivity index (χ3n) is 4.73. The Balaban J connectivity index is 2.79. The topological polar surface area (TPSA) is 301 Å². The van der Waals surface area contributed by atoms with Crippen LogP contribution in [0.5, 0.6) is 0 Å². The Bertz CT molecular complexity index is 933. The molecule has 0 spiro atoms. The van der Waals surface area contributed by atoms with E-state index in [1.165, 1.54) is 12.5 Å². The number of carbonyl (C=O) groups excluding carboxylic acids is 3. The molecule has 17 heteroatoms. The summed E-state index contributed by atoms with van der Waals surface area (Å²) in [4.78, 5) is 70.3. The molecule has 0 aromatic carbocycles. The second kappa shape index (κ2) is 14.9. The van der Waals surface area contributed by atoms with E-state index in [4.69, 9.17) is 22.3 Å². The summed E-state index contributed by atoms with van der Waals surface area (Å²) in [6.07, 6.45) is 2.12. The van der Waals surface area contributed by atoms with Gasteiger partial charge in [-0.15, -0.1) is 0 Å². The molecule has 1 rings (SSSR count). The second-order valence-electron chi connectivity index (χ2n) is 7.64. The van der Waals surface area contributed by atoms with Crippen molar-refractivity contribution in [2.75, 3.05) is 13.2 Å². The van der Waals surface area contributed by atoms with Crippen LogP contribution in [-0.2, 0) is 30.4 Å². The van der Waals surface area contributed by atoms with Crippen LogP contribution in [0, 0.1) is 0 Å². The van der Waals surface area contributed by atoms with Gasteiger partial charge in [-0.1, -0.05) is 0 Å². The predicted molar refractivity (Wildman–Crippen MR) is 123 cm³/mol. The molecule has 4 unspecified atom stereocenters. The number of aliphatic hydroxyl groups is 1. The molecule has 200 valence electrons. The quantitative estimate of drug-likeness (QED) is 0.0566. The van der Waals surface area contributed by atoms with Crippen LogP contribution < -0.4 is 33.2 Å². The summed E-state index contributed by atoms with van der Waals surface area (Å²) in [6.45, 7) is -0.737. The normalized spacial score (nSPS) is 13.9. The van der Waals surface area contributed by atoms with Crippen molar-refractivity contribution in [1.82, 2.24) is 25.9 Å². The lowest BCUT2D eigenvalue weighted by Gasteiger charge is -2.23. The third kappa shape index (κ3) is 10.8. The van der Waals surface area contributed by atoms with Gasteiger partial charge in [0.05, 0.1) is 25.4 Å². The monoisotopic (exact) mass is 513 g/mol. The van der Waals surface area contributed by atoms with Crippen molar-refractivity contribution in [3.63, 3.8) is 0 Å². The van der Waals surface area contributed by atoms with E-state index in [1.54, 1.807) is 0 Å². The van der Waals surface area contributed by atoms with Crippen molar-refractivity contribution in [3.8, 4) is 0 Å². The predicted octanol–water partition coefficient (Wildman–Crippen LogP) is -4.66. The lowest BCUT2D eigenvalue weighted by Crippen LogP contribution is -2.58. The lowest BCUT2D eigenvalue weighted by molar-refractivity contribution is -0.143. The van der Waals surface area contributed by atoms with E-state index in [0.29, 0.717) is 12.1 Å². The Morgan fingerprint density at radius 2 is 1.61 bits per heavy atom. The summed E-state index contributed by atoms with van der Waals surface area (Å²) < 4.78 is 0. The largest absolute Gasteiger partial charge is 0.481 e. The highest BCUT2D eigenvalue weighted by molar-refractivity contribution is 5.95. The highest BCUT2D eigenvalue weighted by atomic mass is 16.4. The van der Waals surface area contributed by atoms with Gasteiger partial charge in [-0.05, 0) is 12.8 Å². The molecule has 0 aliphatic carbocycles. The summed E-state index contributed by atoms with van der Waals surface area (Å²) in [6, 6.07) is -5.81. The maximum Gasteiger partial charge on any atom is 0.326 e. The first kappa shape index (κ1) is 29.8. The Morgan fingerprint density at radius 3 is 2.14 bits per heavy atom. The van der Waals surface area contributed by atoms with E-state index in [9.17, 15) is 34.2 Å². The Morgan fingerprint density at radius 1 is 1.00 bits per heavy atom. The van der Waals surface area contributed by atoms with Gasteiger partial charge in [-0.2, -0.15) is 0 Å². The number of nitrogens with two attached hydrogens (primary N) is 3. The molecule has 36 heavy (non-hydrogen) atoms. The SMILES string of the molecule is NC(N)=NCCCC(N)C(=O)NC(CC(=O)O)C(=O)NC(CO)C(=O)NC(Cc1cnc[nH]1)C(=O)O. The van der Waals surface area contributed by atoms with E-state index >= 15 is 0 Å². The third-order valence-corrected chi connectivity index (χ3v) is 4.73. The molecular weight excluding hydrogens is 482 g/mol. The number of aliphatic imine (C=N–C) groups is 1. The van der Waals surface area contributed by atoms with Gasteiger partial charge in [0.15, 0.2) is 5.96 Å². The van der Waals surface area contributed by atoms with Gasteiger partial charge in [-0.3, -0.25) is 24.2 Å². The number of amides is 3. The van der Waals surface area contributed by atoms with Gasteiger partial charge >= 0.3 is 11.9 Å². The summed E-state index contributed by atoms with van der Waals surface area (Å²) in [5.41, 5.74) is 16.6. The number of carboxylic acid groups (broad SMARTS) is 2. The number of H-pyrrole nitrogens is 1. The smallest absolute Gasteiger partial charge is 0.326 e. The van der Waals surface area contributed by atoms with E-state index in [-0.39, 0.29) is 25.3 Å². The summed E-state index contributed by atoms with van der Waals surface area (Å²) in [5, 5.41) is 34.5. The fourth-order valence-corrected chi connectivity index (χ4v) is 2.87. The fraction of sp³-hybridized carbons (Fsp3) is 0.526. The Kier molecular flexibility index (Phi) is 12.3. The molecule has 0 bridgehead atoms. The van der Waals surface area contributed by atoms with Crippen LogP contribution in [0.15, 0.2) is 17.5 Å². The molecule has 1 aromatic heterocycles. The zero-order chi connectivity index (χ0) is 27.3. The van der Waals surface area contributed by atoms with E-state index < -0.39 is 66.9 Å². The molecule has 13 N–H and O–H groups in total. The van der Waals surface area contributed by atoms with Crippen LogP contribution in [-0.4, -0.2) is 98.2 Å². The van der Waals surface area contributed by atoms with Crippen molar-refractivity contribution in [2.45, 2.75) is 49.9 Å². The zero-order valence-electron chi connectivity index (χ0n) is 19.2. The van der Waals surface area contributed by atoms with Gasteiger partial charge in [0.2, 0.25) is 17.7 Å². The Labute approximate surface area is 204 Å². The molecular formula is C19H31N9O8.